The van der Waals surface area contributed by atoms with Crippen LogP contribution in [-0.4, -0.2) is 25.2 Å². The van der Waals surface area contributed by atoms with Crippen LogP contribution >= 0.6 is 0 Å². The van der Waals surface area contributed by atoms with Gasteiger partial charge in [0.25, 0.3) is 11.5 Å². The van der Waals surface area contributed by atoms with E-state index in [9.17, 15) is 9.59 Å². The molecule has 32 heavy (non-hydrogen) atoms. The van der Waals surface area contributed by atoms with E-state index in [4.69, 9.17) is 0 Å². The third-order valence-corrected chi connectivity index (χ3v) is 5.88. The normalized spacial score (nSPS) is 11.5. The Kier molecular flexibility index (Phi) is 5.50. The Hall–Kier alpha value is -3.61. The molecule has 0 saturated carbocycles. The molecule has 3 heterocycles. The highest BCUT2D eigenvalue weighted by atomic mass is 16.1. The van der Waals surface area contributed by atoms with Crippen molar-refractivity contribution >= 4 is 16.8 Å². The molecule has 1 aromatic carbocycles. The van der Waals surface area contributed by atoms with Gasteiger partial charge in [-0.3, -0.25) is 14.3 Å². The van der Waals surface area contributed by atoms with E-state index in [1.807, 2.05) is 46.1 Å². The summed E-state index contributed by atoms with van der Waals surface area (Å²) in [6.45, 7) is 10.2. The lowest BCUT2D eigenvalue weighted by molar-refractivity contribution is 0.0952. The predicted octanol–water partition coefficient (Wildman–Crippen LogP) is 4.17. The SMILES string of the molecule is Cc1cc(C)c(CNC(=O)c2cc(-c3cnn(C)c3)cc3c2c(C)cn3C(C)C)c(=O)[nH]1. The lowest BCUT2D eigenvalue weighted by Gasteiger charge is -2.13. The number of aromatic amines is 1. The number of amides is 1. The van der Waals surface area contributed by atoms with Gasteiger partial charge in [-0.1, -0.05) is 0 Å². The number of hydrogen-bond acceptors (Lipinski definition) is 3. The molecule has 7 nitrogen and oxygen atoms in total. The van der Waals surface area contributed by atoms with E-state index in [-0.39, 0.29) is 24.1 Å². The van der Waals surface area contributed by atoms with Crippen LogP contribution in [0.15, 0.2) is 41.6 Å². The maximum atomic E-state index is 13.4. The molecule has 0 unspecified atom stereocenters. The van der Waals surface area contributed by atoms with Gasteiger partial charge in [0.15, 0.2) is 0 Å². The summed E-state index contributed by atoms with van der Waals surface area (Å²) >= 11 is 0. The van der Waals surface area contributed by atoms with Gasteiger partial charge in [-0.25, -0.2) is 0 Å². The fourth-order valence-electron chi connectivity index (χ4n) is 4.30. The third-order valence-electron chi connectivity index (χ3n) is 5.88. The Morgan fingerprint density at radius 2 is 1.84 bits per heavy atom. The van der Waals surface area contributed by atoms with Crippen molar-refractivity contribution in [1.29, 1.82) is 0 Å². The van der Waals surface area contributed by atoms with E-state index >= 15 is 0 Å². The van der Waals surface area contributed by atoms with Crippen molar-refractivity contribution in [3.05, 3.63) is 75.1 Å². The van der Waals surface area contributed by atoms with Crippen molar-refractivity contribution in [2.75, 3.05) is 0 Å². The van der Waals surface area contributed by atoms with Crippen molar-refractivity contribution in [1.82, 2.24) is 24.6 Å². The molecule has 0 spiro atoms. The molecule has 2 N–H and O–H groups in total. The number of aromatic nitrogens is 4. The second kappa shape index (κ2) is 8.15. The van der Waals surface area contributed by atoms with Crippen LogP contribution in [-0.2, 0) is 13.6 Å². The first-order valence-electron chi connectivity index (χ1n) is 10.8. The largest absolute Gasteiger partial charge is 0.348 e. The molecule has 0 fully saturated rings. The fraction of sp³-hybridized carbons (Fsp3) is 0.320. The zero-order valence-corrected chi connectivity index (χ0v) is 19.4. The lowest BCUT2D eigenvalue weighted by Crippen LogP contribution is -2.28. The molecule has 0 saturated heterocycles. The van der Waals surface area contributed by atoms with Crippen LogP contribution in [0.2, 0.25) is 0 Å². The van der Waals surface area contributed by atoms with Crippen LogP contribution in [0.5, 0.6) is 0 Å². The molecule has 0 radical (unpaired) electrons. The van der Waals surface area contributed by atoms with Crippen LogP contribution in [0.4, 0.5) is 0 Å². The number of carbonyl (C=O) groups excluding carboxylic acids is 1. The highest BCUT2D eigenvalue weighted by Gasteiger charge is 2.19. The number of fused-ring (bicyclic) bond motifs is 1. The van der Waals surface area contributed by atoms with Crippen LogP contribution in [0.3, 0.4) is 0 Å². The van der Waals surface area contributed by atoms with Gasteiger partial charge in [-0.15, -0.1) is 0 Å². The van der Waals surface area contributed by atoms with E-state index < -0.39 is 0 Å². The van der Waals surface area contributed by atoms with Gasteiger partial charge in [0, 0.05) is 65.3 Å². The number of benzene rings is 1. The number of pyridine rings is 1. The van der Waals surface area contributed by atoms with Gasteiger partial charge in [0.1, 0.15) is 0 Å². The molecular weight excluding hydrogens is 402 g/mol. The average molecular weight is 432 g/mol. The third kappa shape index (κ3) is 3.86. The van der Waals surface area contributed by atoms with E-state index in [0.717, 1.165) is 38.9 Å². The Labute approximate surface area is 187 Å². The van der Waals surface area contributed by atoms with Gasteiger partial charge in [0.05, 0.1) is 6.20 Å². The molecule has 4 rings (SSSR count). The molecule has 0 atom stereocenters. The van der Waals surface area contributed by atoms with Crippen molar-refractivity contribution in [2.24, 2.45) is 7.05 Å². The summed E-state index contributed by atoms with van der Waals surface area (Å²) in [7, 11) is 1.87. The van der Waals surface area contributed by atoms with Gasteiger partial charge >= 0.3 is 0 Å². The van der Waals surface area contributed by atoms with Gasteiger partial charge in [-0.05, 0) is 69.5 Å². The standard InChI is InChI=1S/C25H29N5O2/c1-14(2)30-12-16(4)23-20(8-18(9-22(23)30)19-10-27-29(6)13-19)24(31)26-11-21-15(3)7-17(5)28-25(21)32/h7-10,12-14H,11H2,1-6H3,(H,26,31)(H,28,32). The minimum Gasteiger partial charge on any atom is -0.348 e. The van der Waals surface area contributed by atoms with E-state index in [0.29, 0.717) is 11.1 Å². The molecule has 1 amide bonds. The molecule has 0 aliphatic heterocycles. The predicted molar refractivity (Wildman–Crippen MR) is 127 cm³/mol. The van der Waals surface area contributed by atoms with E-state index in [1.165, 1.54) is 0 Å². The minimum atomic E-state index is -0.204. The quantitative estimate of drug-likeness (QED) is 0.497. The zero-order chi connectivity index (χ0) is 23.2. The minimum absolute atomic E-state index is 0.167. The Morgan fingerprint density at radius 1 is 1.09 bits per heavy atom. The van der Waals surface area contributed by atoms with Gasteiger partial charge in [0.2, 0.25) is 0 Å². The highest BCUT2D eigenvalue weighted by Crippen LogP contribution is 2.32. The van der Waals surface area contributed by atoms with Crippen LogP contribution in [0.1, 0.15) is 52.6 Å². The maximum absolute atomic E-state index is 13.4. The summed E-state index contributed by atoms with van der Waals surface area (Å²) in [5.74, 6) is -0.204. The Balaban J connectivity index is 1.80. The molecule has 4 aromatic rings. The highest BCUT2D eigenvalue weighted by molar-refractivity contribution is 6.09. The number of rotatable bonds is 5. The van der Waals surface area contributed by atoms with Gasteiger partial charge < -0.3 is 14.9 Å². The molecule has 3 aromatic heterocycles. The lowest BCUT2D eigenvalue weighted by atomic mass is 9.99. The summed E-state index contributed by atoms with van der Waals surface area (Å²) in [6, 6.07) is 6.20. The van der Waals surface area contributed by atoms with E-state index in [2.05, 4.69) is 46.1 Å². The maximum Gasteiger partial charge on any atom is 0.253 e. The summed E-state index contributed by atoms with van der Waals surface area (Å²) in [6.07, 6.45) is 5.83. The molecular formula is C25H29N5O2. The zero-order valence-electron chi connectivity index (χ0n) is 19.4. The monoisotopic (exact) mass is 431 g/mol. The molecule has 0 aliphatic rings. The van der Waals surface area contributed by atoms with Crippen LogP contribution in [0.25, 0.3) is 22.0 Å². The second-order valence-corrected chi connectivity index (χ2v) is 8.76. The topological polar surface area (TPSA) is 84.7 Å². The van der Waals surface area contributed by atoms with Crippen molar-refractivity contribution < 1.29 is 4.79 Å². The second-order valence-electron chi connectivity index (χ2n) is 8.76. The van der Waals surface area contributed by atoms with Gasteiger partial charge in [-0.2, -0.15) is 5.10 Å². The first-order chi connectivity index (χ1) is 15.2. The summed E-state index contributed by atoms with van der Waals surface area (Å²) < 4.78 is 3.94. The van der Waals surface area contributed by atoms with Crippen molar-refractivity contribution in [2.45, 2.75) is 47.2 Å². The number of carbonyl (C=O) groups is 1. The average Bonchev–Trinajstić information content (AvgIpc) is 3.30. The van der Waals surface area contributed by atoms with E-state index in [1.54, 1.807) is 10.9 Å². The number of nitrogens with one attached hydrogen (secondary N) is 2. The van der Waals surface area contributed by atoms with Crippen molar-refractivity contribution in [3.63, 3.8) is 0 Å². The molecule has 166 valence electrons. The first kappa shape index (κ1) is 21.6. The Morgan fingerprint density at radius 3 is 2.47 bits per heavy atom. The van der Waals surface area contributed by atoms with Crippen LogP contribution < -0.4 is 10.9 Å². The molecule has 0 aliphatic carbocycles. The Bertz CT molecular complexity index is 1390. The summed E-state index contributed by atoms with van der Waals surface area (Å²) in [5.41, 5.74) is 6.60. The molecule has 0 bridgehead atoms. The fourth-order valence-corrected chi connectivity index (χ4v) is 4.30. The number of H-pyrrole nitrogens is 1. The summed E-state index contributed by atoms with van der Waals surface area (Å²) in [5, 5.41) is 8.18. The van der Waals surface area contributed by atoms with Crippen molar-refractivity contribution in [3.8, 4) is 11.1 Å². The van der Waals surface area contributed by atoms with Crippen LogP contribution in [0, 0.1) is 20.8 Å². The number of nitrogens with zero attached hydrogens (tertiary/aromatic N) is 3. The number of hydrogen-bond donors (Lipinski definition) is 2. The first-order valence-corrected chi connectivity index (χ1v) is 10.8. The summed E-state index contributed by atoms with van der Waals surface area (Å²) in [4.78, 5) is 28.6. The molecule has 7 heteroatoms. The smallest absolute Gasteiger partial charge is 0.253 e. The number of aryl methyl sites for hydroxylation is 4.